The highest BCUT2D eigenvalue weighted by Gasteiger charge is 2.32. The summed E-state index contributed by atoms with van der Waals surface area (Å²) >= 11 is 0. The zero-order valence-corrected chi connectivity index (χ0v) is 15.8. The summed E-state index contributed by atoms with van der Waals surface area (Å²) in [7, 11) is 3.22. The highest BCUT2D eigenvalue weighted by molar-refractivity contribution is 6.03. The van der Waals surface area contributed by atoms with Crippen LogP contribution in [0.3, 0.4) is 0 Å². The van der Waals surface area contributed by atoms with Crippen molar-refractivity contribution in [1.29, 1.82) is 5.26 Å². The number of hydrogen-bond donors (Lipinski definition) is 1. The van der Waals surface area contributed by atoms with E-state index in [1.54, 1.807) is 36.2 Å². The molecule has 0 spiro atoms. The van der Waals surface area contributed by atoms with Crippen LogP contribution in [0.2, 0.25) is 0 Å². The van der Waals surface area contributed by atoms with Gasteiger partial charge in [0.05, 0.1) is 47.5 Å². The van der Waals surface area contributed by atoms with Gasteiger partial charge in [-0.3, -0.25) is 14.6 Å². The van der Waals surface area contributed by atoms with E-state index < -0.39 is 0 Å². The van der Waals surface area contributed by atoms with Crippen LogP contribution in [-0.4, -0.2) is 35.7 Å². The van der Waals surface area contributed by atoms with Gasteiger partial charge in [0.25, 0.3) is 5.91 Å². The number of aromatic nitrogens is 1. The number of carbonyl (C=O) groups is 2. The molecule has 1 aromatic heterocycles. The van der Waals surface area contributed by atoms with Crippen LogP contribution in [0.5, 0.6) is 5.75 Å². The molecule has 2 aliphatic rings. The molecule has 7 heteroatoms. The Morgan fingerprint density at radius 1 is 1.39 bits per heavy atom. The minimum atomic E-state index is -0.125. The quantitative estimate of drug-likeness (QED) is 0.833. The van der Waals surface area contributed by atoms with Crippen molar-refractivity contribution in [3.8, 4) is 11.8 Å². The van der Waals surface area contributed by atoms with Crippen molar-refractivity contribution < 1.29 is 14.3 Å². The maximum absolute atomic E-state index is 12.6. The first kappa shape index (κ1) is 18.0. The number of carbonyl (C=O) groups excluding carboxylic acids is 2. The number of methoxy groups -OCH3 is 1. The van der Waals surface area contributed by atoms with E-state index in [4.69, 9.17) is 4.74 Å². The van der Waals surface area contributed by atoms with E-state index in [0.717, 1.165) is 12.8 Å². The number of nitriles is 1. The highest BCUT2D eigenvalue weighted by atomic mass is 16.5. The molecule has 2 aromatic rings. The number of fused-ring (bicyclic) bond motifs is 1. The number of pyridine rings is 1. The number of para-hydroxylation sites is 1. The summed E-state index contributed by atoms with van der Waals surface area (Å²) in [5.41, 5.74) is 3.35. The second kappa shape index (κ2) is 6.97. The van der Waals surface area contributed by atoms with E-state index in [1.807, 2.05) is 0 Å². The lowest BCUT2D eigenvalue weighted by Gasteiger charge is -2.15. The monoisotopic (exact) mass is 376 g/mol. The number of ketones is 1. The summed E-state index contributed by atoms with van der Waals surface area (Å²) in [6, 6.07) is 9.05. The standard InChI is InChI=1S/C21H20N4O3/c1-25-11-17-19(21(25)27)16(8-14(23-17)9-18(26)12-6-7-12)24-15-5-3-4-13(10-22)20(15)28-2/h3-5,8,12H,6-7,9,11H2,1-2H3,(H,23,24). The largest absolute Gasteiger partial charge is 0.493 e. The van der Waals surface area contributed by atoms with Gasteiger partial charge in [-0.05, 0) is 31.0 Å². The fourth-order valence-corrected chi connectivity index (χ4v) is 3.50. The molecule has 1 N–H and O–H groups in total. The normalized spacial score (nSPS) is 15.2. The molecule has 28 heavy (non-hydrogen) atoms. The summed E-state index contributed by atoms with van der Waals surface area (Å²) < 4.78 is 5.39. The number of amides is 1. The summed E-state index contributed by atoms with van der Waals surface area (Å²) in [5, 5.41) is 12.5. The third-order valence-electron chi connectivity index (χ3n) is 5.09. The number of hydrogen-bond acceptors (Lipinski definition) is 6. The van der Waals surface area contributed by atoms with E-state index in [9.17, 15) is 14.9 Å². The lowest BCUT2D eigenvalue weighted by Crippen LogP contribution is -2.18. The summed E-state index contributed by atoms with van der Waals surface area (Å²) in [5.74, 6) is 0.633. The average Bonchev–Trinajstić information content (AvgIpc) is 3.48. The van der Waals surface area contributed by atoms with E-state index in [-0.39, 0.29) is 24.0 Å². The Balaban J connectivity index is 1.75. The molecule has 4 rings (SSSR count). The zero-order valence-electron chi connectivity index (χ0n) is 15.8. The molecular weight excluding hydrogens is 356 g/mol. The second-order valence-corrected chi connectivity index (χ2v) is 7.18. The Morgan fingerprint density at radius 2 is 2.18 bits per heavy atom. The van der Waals surface area contributed by atoms with Crippen LogP contribution < -0.4 is 10.1 Å². The molecule has 1 aliphatic carbocycles. The number of ether oxygens (including phenoxy) is 1. The smallest absolute Gasteiger partial charge is 0.257 e. The van der Waals surface area contributed by atoms with Gasteiger partial charge in [-0.1, -0.05) is 6.07 Å². The van der Waals surface area contributed by atoms with Crippen LogP contribution in [0.15, 0.2) is 24.3 Å². The van der Waals surface area contributed by atoms with Gasteiger partial charge in [0.2, 0.25) is 0 Å². The maximum Gasteiger partial charge on any atom is 0.257 e. The molecular formula is C21H20N4O3. The van der Waals surface area contributed by atoms with Gasteiger partial charge >= 0.3 is 0 Å². The van der Waals surface area contributed by atoms with Crippen molar-refractivity contribution in [2.24, 2.45) is 5.92 Å². The van der Waals surface area contributed by atoms with Crippen LogP contribution in [0, 0.1) is 17.2 Å². The minimum absolute atomic E-state index is 0.125. The first-order valence-electron chi connectivity index (χ1n) is 9.17. The molecule has 0 unspecified atom stereocenters. The van der Waals surface area contributed by atoms with Gasteiger partial charge in [-0.25, -0.2) is 0 Å². The van der Waals surface area contributed by atoms with E-state index in [2.05, 4.69) is 16.4 Å². The Bertz CT molecular complexity index is 1020. The number of benzene rings is 1. The number of nitrogens with one attached hydrogen (secondary N) is 1. The van der Waals surface area contributed by atoms with Gasteiger partial charge < -0.3 is 15.0 Å². The Hall–Kier alpha value is -3.40. The molecule has 1 aliphatic heterocycles. The molecule has 1 fully saturated rings. The molecule has 0 bridgehead atoms. The molecule has 2 heterocycles. The number of rotatable bonds is 6. The van der Waals surface area contributed by atoms with E-state index >= 15 is 0 Å². The first-order chi connectivity index (χ1) is 13.5. The third-order valence-corrected chi connectivity index (χ3v) is 5.09. The predicted octanol–water partition coefficient (Wildman–Crippen LogP) is 2.81. The highest BCUT2D eigenvalue weighted by Crippen LogP contribution is 2.36. The zero-order chi connectivity index (χ0) is 19.8. The van der Waals surface area contributed by atoms with Gasteiger partial charge in [0.1, 0.15) is 11.9 Å². The van der Waals surface area contributed by atoms with Crippen molar-refractivity contribution in [1.82, 2.24) is 9.88 Å². The number of anilines is 2. The Labute approximate surface area is 162 Å². The van der Waals surface area contributed by atoms with Crippen LogP contribution in [0.1, 0.15) is 40.2 Å². The van der Waals surface area contributed by atoms with Crippen molar-refractivity contribution in [3.63, 3.8) is 0 Å². The topological polar surface area (TPSA) is 95.3 Å². The fraction of sp³-hybridized carbons (Fsp3) is 0.333. The Morgan fingerprint density at radius 3 is 2.86 bits per heavy atom. The fourth-order valence-electron chi connectivity index (χ4n) is 3.50. The predicted molar refractivity (Wildman–Crippen MR) is 102 cm³/mol. The van der Waals surface area contributed by atoms with E-state index in [1.165, 1.54) is 7.11 Å². The van der Waals surface area contributed by atoms with Gasteiger partial charge in [0, 0.05) is 19.4 Å². The summed E-state index contributed by atoms with van der Waals surface area (Å²) in [6.45, 7) is 0.406. The molecule has 7 nitrogen and oxygen atoms in total. The Kier molecular flexibility index (Phi) is 4.47. The summed E-state index contributed by atoms with van der Waals surface area (Å²) in [6.07, 6.45) is 2.17. The molecule has 142 valence electrons. The van der Waals surface area contributed by atoms with Gasteiger partial charge in [0.15, 0.2) is 5.75 Å². The van der Waals surface area contributed by atoms with Crippen LogP contribution in [0.25, 0.3) is 0 Å². The number of Topliss-reactive ketones (excluding diaryl/α,β-unsaturated/α-hetero) is 1. The van der Waals surface area contributed by atoms with Crippen LogP contribution in [0.4, 0.5) is 11.4 Å². The number of nitrogens with zero attached hydrogens (tertiary/aromatic N) is 3. The van der Waals surface area contributed by atoms with Crippen molar-refractivity contribution in [2.45, 2.75) is 25.8 Å². The van der Waals surface area contributed by atoms with Crippen LogP contribution >= 0.6 is 0 Å². The van der Waals surface area contributed by atoms with Crippen molar-refractivity contribution in [2.75, 3.05) is 19.5 Å². The molecule has 0 saturated heterocycles. The SMILES string of the molecule is COc1c(C#N)cccc1Nc1cc(CC(=O)C2CC2)nc2c1C(=O)N(C)C2. The average molecular weight is 376 g/mol. The van der Waals surface area contributed by atoms with Crippen molar-refractivity contribution in [3.05, 3.63) is 46.8 Å². The molecule has 1 aromatic carbocycles. The molecule has 1 saturated carbocycles. The lowest BCUT2D eigenvalue weighted by atomic mass is 10.1. The molecule has 0 atom stereocenters. The lowest BCUT2D eigenvalue weighted by molar-refractivity contribution is -0.119. The second-order valence-electron chi connectivity index (χ2n) is 7.18. The minimum Gasteiger partial charge on any atom is -0.493 e. The van der Waals surface area contributed by atoms with E-state index in [0.29, 0.717) is 46.2 Å². The molecule has 1 amide bonds. The summed E-state index contributed by atoms with van der Waals surface area (Å²) in [4.78, 5) is 31.1. The first-order valence-corrected chi connectivity index (χ1v) is 9.17. The molecule has 0 radical (unpaired) electrons. The van der Waals surface area contributed by atoms with Gasteiger partial charge in [-0.15, -0.1) is 0 Å². The third kappa shape index (κ3) is 3.18. The van der Waals surface area contributed by atoms with Gasteiger partial charge in [-0.2, -0.15) is 5.26 Å². The van der Waals surface area contributed by atoms with Crippen LogP contribution in [-0.2, 0) is 17.8 Å². The van der Waals surface area contributed by atoms with Crippen molar-refractivity contribution >= 4 is 23.1 Å². The maximum atomic E-state index is 12.6.